The van der Waals surface area contributed by atoms with E-state index in [1.165, 1.54) is 22.5 Å². The van der Waals surface area contributed by atoms with E-state index in [1.54, 1.807) is 23.4 Å². The van der Waals surface area contributed by atoms with Crippen molar-refractivity contribution in [3.8, 4) is 0 Å². The summed E-state index contributed by atoms with van der Waals surface area (Å²) in [6.07, 6.45) is 4.35. The SMILES string of the molecule is COCCc1ccc(CCc2sc3c(c2C)c(=O)n(CC(=O)O)c(=O)n3Cc2ccccc2SC)cc1. The predicted molar refractivity (Wildman–Crippen MR) is 149 cm³/mol. The van der Waals surface area contributed by atoms with Crippen molar-refractivity contribution in [2.75, 3.05) is 20.0 Å². The highest BCUT2D eigenvalue weighted by atomic mass is 32.2. The average molecular weight is 539 g/mol. The molecule has 0 spiro atoms. The zero-order valence-corrected chi connectivity index (χ0v) is 22.8. The van der Waals surface area contributed by atoms with Crippen LogP contribution in [0.25, 0.3) is 10.2 Å². The summed E-state index contributed by atoms with van der Waals surface area (Å²) in [5, 5.41) is 9.82. The highest BCUT2D eigenvalue weighted by Gasteiger charge is 2.21. The summed E-state index contributed by atoms with van der Waals surface area (Å²) in [6.45, 7) is 2.16. The summed E-state index contributed by atoms with van der Waals surface area (Å²) in [4.78, 5) is 40.9. The number of thiophene rings is 1. The number of methoxy groups -OCH3 is 1. The van der Waals surface area contributed by atoms with Crippen LogP contribution in [0, 0.1) is 6.92 Å². The highest BCUT2D eigenvalue weighted by Crippen LogP contribution is 2.30. The van der Waals surface area contributed by atoms with Gasteiger partial charge in [-0.3, -0.25) is 14.2 Å². The van der Waals surface area contributed by atoms with E-state index >= 15 is 0 Å². The number of ether oxygens (including phenoxy) is 1. The maximum atomic E-state index is 13.4. The van der Waals surface area contributed by atoms with Gasteiger partial charge in [0.1, 0.15) is 11.4 Å². The number of carboxylic acid groups (broad SMARTS) is 1. The van der Waals surface area contributed by atoms with E-state index < -0.39 is 23.8 Å². The standard InChI is InChI=1S/C28H30N2O5S2/c1-18-22(13-12-19-8-10-20(11-9-19)14-15-35-2)37-27-25(18)26(33)29(17-24(31)32)28(34)30(27)16-21-6-4-5-7-23(21)36-3/h4-11H,12-17H2,1-3H3,(H,31,32). The molecule has 0 aliphatic heterocycles. The van der Waals surface area contributed by atoms with Crippen molar-refractivity contribution in [3.05, 3.63) is 96.5 Å². The molecule has 1 N–H and O–H groups in total. The van der Waals surface area contributed by atoms with Crippen LogP contribution < -0.4 is 11.2 Å². The van der Waals surface area contributed by atoms with Gasteiger partial charge < -0.3 is 9.84 Å². The van der Waals surface area contributed by atoms with Crippen LogP contribution in [0.2, 0.25) is 0 Å². The molecule has 4 aromatic rings. The van der Waals surface area contributed by atoms with Gasteiger partial charge in [-0.25, -0.2) is 9.36 Å². The van der Waals surface area contributed by atoms with E-state index in [0.29, 0.717) is 16.8 Å². The van der Waals surface area contributed by atoms with Crippen LogP contribution in [0.15, 0.2) is 63.0 Å². The summed E-state index contributed by atoms with van der Waals surface area (Å²) >= 11 is 3.03. The van der Waals surface area contributed by atoms with Gasteiger partial charge in [-0.05, 0) is 60.8 Å². The molecule has 9 heteroatoms. The van der Waals surface area contributed by atoms with Gasteiger partial charge in [0.05, 0.1) is 18.5 Å². The molecule has 0 radical (unpaired) electrons. The fourth-order valence-electron chi connectivity index (χ4n) is 4.45. The number of aromatic nitrogens is 2. The molecule has 0 unspecified atom stereocenters. The van der Waals surface area contributed by atoms with Crippen LogP contribution in [-0.4, -0.2) is 40.2 Å². The fraction of sp³-hybridized carbons (Fsp3) is 0.321. The Kier molecular flexibility index (Phi) is 8.68. The van der Waals surface area contributed by atoms with Crippen LogP contribution in [0.1, 0.15) is 27.1 Å². The van der Waals surface area contributed by atoms with Gasteiger partial charge in [-0.1, -0.05) is 42.5 Å². The average Bonchev–Trinajstić information content (AvgIpc) is 3.23. The molecule has 194 valence electrons. The molecule has 0 aliphatic carbocycles. The van der Waals surface area contributed by atoms with E-state index in [1.807, 2.05) is 37.4 Å². The number of fused-ring (bicyclic) bond motifs is 1. The van der Waals surface area contributed by atoms with E-state index in [9.17, 15) is 19.5 Å². The van der Waals surface area contributed by atoms with Gasteiger partial charge >= 0.3 is 11.7 Å². The normalized spacial score (nSPS) is 11.3. The van der Waals surface area contributed by atoms with E-state index in [2.05, 4.69) is 24.3 Å². The molecule has 2 aromatic heterocycles. The van der Waals surface area contributed by atoms with Crippen molar-refractivity contribution in [1.82, 2.24) is 9.13 Å². The van der Waals surface area contributed by atoms with Gasteiger partial charge in [0, 0.05) is 16.9 Å². The summed E-state index contributed by atoms with van der Waals surface area (Å²) in [5.41, 5.74) is 3.02. The van der Waals surface area contributed by atoms with Crippen LogP contribution in [0.4, 0.5) is 0 Å². The first kappa shape index (κ1) is 26.9. The molecule has 0 saturated carbocycles. The Bertz CT molecular complexity index is 1530. The second kappa shape index (κ2) is 11.9. The van der Waals surface area contributed by atoms with Crippen molar-refractivity contribution in [3.63, 3.8) is 0 Å². The maximum absolute atomic E-state index is 13.4. The van der Waals surface area contributed by atoms with Gasteiger partial charge in [0.25, 0.3) is 5.56 Å². The lowest BCUT2D eigenvalue weighted by molar-refractivity contribution is -0.137. The van der Waals surface area contributed by atoms with Crippen molar-refractivity contribution in [1.29, 1.82) is 0 Å². The molecule has 0 bridgehead atoms. The first-order chi connectivity index (χ1) is 17.8. The number of nitrogens with zero attached hydrogens (tertiary/aromatic N) is 2. The predicted octanol–water partition coefficient (Wildman–Crippen LogP) is 4.36. The largest absolute Gasteiger partial charge is 0.480 e. The van der Waals surface area contributed by atoms with E-state index in [4.69, 9.17) is 4.74 Å². The Labute approximate surface area is 223 Å². The summed E-state index contributed by atoms with van der Waals surface area (Å²) in [6, 6.07) is 16.2. The summed E-state index contributed by atoms with van der Waals surface area (Å²) in [5.74, 6) is -1.23. The number of thioether (sulfide) groups is 1. The van der Waals surface area contributed by atoms with E-state index in [0.717, 1.165) is 44.7 Å². The Hall–Kier alpha value is -3.14. The molecule has 0 aliphatic rings. The molecule has 0 atom stereocenters. The van der Waals surface area contributed by atoms with Gasteiger partial charge in [-0.15, -0.1) is 23.1 Å². The van der Waals surface area contributed by atoms with Gasteiger partial charge in [0.2, 0.25) is 0 Å². The molecule has 4 rings (SSSR count). The maximum Gasteiger partial charge on any atom is 0.332 e. The minimum Gasteiger partial charge on any atom is -0.480 e. The fourth-order valence-corrected chi connectivity index (χ4v) is 6.34. The van der Waals surface area contributed by atoms with Gasteiger partial charge in [0.15, 0.2) is 0 Å². The molecular formula is C28H30N2O5S2. The van der Waals surface area contributed by atoms with Crippen LogP contribution in [0.5, 0.6) is 0 Å². The number of aliphatic carboxylic acids is 1. The Morgan fingerprint density at radius 2 is 1.68 bits per heavy atom. The zero-order chi connectivity index (χ0) is 26.5. The molecule has 0 saturated heterocycles. The van der Waals surface area contributed by atoms with Gasteiger partial charge in [-0.2, -0.15) is 0 Å². The highest BCUT2D eigenvalue weighted by molar-refractivity contribution is 7.98. The van der Waals surface area contributed by atoms with E-state index in [-0.39, 0.29) is 6.54 Å². The third-order valence-corrected chi connectivity index (χ3v) is 8.68. The number of carbonyl (C=O) groups is 1. The lowest BCUT2D eigenvalue weighted by Crippen LogP contribution is -2.41. The number of hydrogen-bond acceptors (Lipinski definition) is 6. The Balaban J connectivity index is 1.75. The number of carboxylic acids is 1. The number of hydrogen-bond donors (Lipinski definition) is 1. The lowest BCUT2D eigenvalue weighted by atomic mass is 10.0. The topological polar surface area (TPSA) is 90.5 Å². The summed E-state index contributed by atoms with van der Waals surface area (Å²) in [7, 11) is 1.69. The molecule has 2 aromatic carbocycles. The van der Waals surface area contributed by atoms with Crippen molar-refractivity contribution >= 4 is 39.3 Å². The molecule has 0 fully saturated rings. The molecule has 2 heterocycles. The first-order valence-electron chi connectivity index (χ1n) is 12.0. The number of rotatable bonds is 11. The number of aryl methyl sites for hydroxylation is 3. The third-order valence-electron chi connectivity index (χ3n) is 6.47. The summed E-state index contributed by atoms with van der Waals surface area (Å²) < 4.78 is 7.54. The van der Waals surface area contributed by atoms with Crippen LogP contribution in [-0.2, 0) is 41.9 Å². The quantitative estimate of drug-likeness (QED) is 0.285. The smallest absolute Gasteiger partial charge is 0.332 e. The van der Waals surface area contributed by atoms with Crippen molar-refractivity contribution < 1.29 is 14.6 Å². The minimum atomic E-state index is -1.23. The lowest BCUT2D eigenvalue weighted by Gasteiger charge is -2.13. The first-order valence-corrected chi connectivity index (χ1v) is 14.0. The number of benzene rings is 2. The second-order valence-corrected chi connectivity index (χ2v) is 10.8. The van der Waals surface area contributed by atoms with Crippen LogP contribution >= 0.6 is 23.1 Å². The van der Waals surface area contributed by atoms with Crippen molar-refractivity contribution in [2.24, 2.45) is 0 Å². The third kappa shape index (κ3) is 5.89. The monoisotopic (exact) mass is 538 g/mol. The molecule has 7 nitrogen and oxygen atoms in total. The minimum absolute atomic E-state index is 0.259. The Morgan fingerprint density at radius 1 is 1.00 bits per heavy atom. The zero-order valence-electron chi connectivity index (χ0n) is 21.2. The van der Waals surface area contributed by atoms with Crippen LogP contribution in [0.3, 0.4) is 0 Å². The molecular weight excluding hydrogens is 508 g/mol. The second-order valence-electron chi connectivity index (χ2n) is 8.86. The molecule has 0 amide bonds. The van der Waals surface area contributed by atoms with Crippen molar-refractivity contribution in [2.45, 2.75) is 44.2 Å². The Morgan fingerprint density at radius 3 is 2.32 bits per heavy atom. The molecule has 37 heavy (non-hydrogen) atoms.